The number of aryl methyl sites for hydroxylation is 1. The molecule has 1 unspecified atom stereocenters. The fraction of sp³-hybridized carbons (Fsp3) is 0.643. The van der Waals surface area contributed by atoms with Gasteiger partial charge < -0.3 is 10.1 Å². The molecule has 0 saturated carbocycles. The maximum Gasteiger partial charge on any atom is 0.0468 e. The smallest absolute Gasteiger partial charge is 0.0468 e. The summed E-state index contributed by atoms with van der Waals surface area (Å²) in [6.45, 7) is 3.87. The first-order chi connectivity index (χ1) is 8.29. The van der Waals surface area contributed by atoms with Crippen LogP contribution in [-0.4, -0.2) is 25.2 Å². The third-order valence-electron chi connectivity index (χ3n) is 3.59. The molecule has 0 aliphatic carbocycles. The highest BCUT2D eigenvalue weighted by Gasteiger charge is 2.19. The van der Waals surface area contributed by atoms with Crippen molar-refractivity contribution < 1.29 is 4.74 Å². The van der Waals surface area contributed by atoms with Crippen LogP contribution >= 0.6 is 0 Å². The number of hydrogen-bond acceptors (Lipinski definition) is 3. The van der Waals surface area contributed by atoms with Crippen LogP contribution in [0.4, 0.5) is 0 Å². The number of hydrogen-bond donors (Lipinski definition) is 1. The molecule has 1 aliphatic rings. The van der Waals surface area contributed by atoms with E-state index in [1.807, 2.05) is 20.2 Å². The monoisotopic (exact) mass is 234 g/mol. The van der Waals surface area contributed by atoms with Gasteiger partial charge in [-0.25, -0.2) is 0 Å². The molecule has 3 nitrogen and oxygen atoms in total. The van der Waals surface area contributed by atoms with Gasteiger partial charge in [0.2, 0.25) is 0 Å². The first-order valence-corrected chi connectivity index (χ1v) is 6.47. The van der Waals surface area contributed by atoms with Gasteiger partial charge in [-0.1, -0.05) is 6.07 Å². The van der Waals surface area contributed by atoms with Crippen LogP contribution in [0.15, 0.2) is 18.3 Å². The van der Waals surface area contributed by atoms with Crippen LogP contribution in [0.5, 0.6) is 0 Å². The average molecular weight is 234 g/mol. The quantitative estimate of drug-likeness (QED) is 0.869. The molecule has 0 spiro atoms. The van der Waals surface area contributed by atoms with E-state index in [4.69, 9.17) is 4.74 Å². The fourth-order valence-corrected chi connectivity index (χ4v) is 2.42. The van der Waals surface area contributed by atoms with Crippen LogP contribution in [0.25, 0.3) is 0 Å². The van der Waals surface area contributed by atoms with Crippen LogP contribution in [0.3, 0.4) is 0 Å². The van der Waals surface area contributed by atoms with E-state index in [1.54, 1.807) is 0 Å². The van der Waals surface area contributed by atoms with Gasteiger partial charge >= 0.3 is 0 Å². The Hall–Kier alpha value is -0.930. The highest BCUT2D eigenvalue weighted by molar-refractivity contribution is 5.17. The first-order valence-electron chi connectivity index (χ1n) is 6.47. The van der Waals surface area contributed by atoms with E-state index in [9.17, 15) is 0 Å². The summed E-state index contributed by atoms with van der Waals surface area (Å²) >= 11 is 0. The third-order valence-corrected chi connectivity index (χ3v) is 3.59. The molecule has 1 saturated heterocycles. The maximum atomic E-state index is 5.40. The van der Waals surface area contributed by atoms with E-state index >= 15 is 0 Å². The number of nitrogens with one attached hydrogen (secondary N) is 1. The third kappa shape index (κ3) is 3.51. The predicted octanol–water partition coefficient (Wildman–Crippen LogP) is 2.47. The zero-order chi connectivity index (χ0) is 12.1. The molecule has 0 aromatic carbocycles. The summed E-state index contributed by atoms with van der Waals surface area (Å²) in [5.74, 6) is 0.780. The predicted molar refractivity (Wildman–Crippen MR) is 68.9 cm³/mol. The Morgan fingerprint density at radius 3 is 2.76 bits per heavy atom. The summed E-state index contributed by atoms with van der Waals surface area (Å²) in [6.07, 6.45) is 5.56. The zero-order valence-electron chi connectivity index (χ0n) is 10.8. The van der Waals surface area contributed by atoms with Crippen molar-refractivity contribution in [3.8, 4) is 0 Å². The maximum absolute atomic E-state index is 5.40. The Kier molecular flexibility index (Phi) is 4.51. The minimum Gasteiger partial charge on any atom is -0.381 e. The number of rotatable bonds is 4. The minimum atomic E-state index is 0.422. The van der Waals surface area contributed by atoms with Gasteiger partial charge in [0, 0.05) is 31.1 Å². The molecule has 1 aromatic heterocycles. The van der Waals surface area contributed by atoms with Crippen molar-refractivity contribution in [3.05, 3.63) is 29.6 Å². The highest BCUT2D eigenvalue weighted by Crippen LogP contribution is 2.27. The van der Waals surface area contributed by atoms with Crippen molar-refractivity contribution in [2.24, 2.45) is 5.92 Å². The Balaban J connectivity index is 1.97. The Morgan fingerprint density at radius 1 is 1.41 bits per heavy atom. The molecule has 3 heteroatoms. The van der Waals surface area contributed by atoms with Gasteiger partial charge in [-0.3, -0.25) is 4.98 Å². The molecule has 1 aromatic rings. The SMILES string of the molecule is CNC(CC1CCOCC1)c1ccc(C)nc1. The molecule has 0 amide bonds. The Labute approximate surface area is 104 Å². The zero-order valence-corrected chi connectivity index (χ0v) is 10.8. The fourth-order valence-electron chi connectivity index (χ4n) is 2.42. The largest absolute Gasteiger partial charge is 0.381 e. The number of nitrogens with zero attached hydrogens (tertiary/aromatic N) is 1. The molecule has 2 heterocycles. The van der Waals surface area contributed by atoms with Gasteiger partial charge in [0.15, 0.2) is 0 Å². The molecule has 0 radical (unpaired) electrons. The first kappa shape index (κ1) is 12.5. The number of ether oxygens (including phenoxy) is 1. The van der Waals surface area contributed by atoms with Crippen LogP contribution in [0.1, 0.15) is 36.6 Å². The summed E-state index contributed by atoms with van der Waals surface area (Å²) in [5, 5.41) is 3.40. The van der Waals surface area contributed by atoms with Crippen molar-refractivity contribution in [3.63, 3.8) is 0 Å². The van der Waals surface area contributed by atoms with Gasteiger partial charge in [-0.15, -0.1) is 0 Å². The second-order valence-corrected chi connectivity index (χ2v) is 4.87. The molecule has 1 atom stereocenters. The van der Waals surface area contributed by atoms with Gasteiger partial charge in [0.05, 0.1) is 0 Å². The minimum absolute atomic E-state index is 0.422. The number of pyridine rings is 1. The van der Waals surface area contributed by atoms with E-state index < -0.39 is 0 Å². The van der Waals surface area contributed by atoms with Crippen LogP contribution in [0.2, 0.25) is 0 Å². The van der Waals surface area contributed by atoms with Crippen LogP contribution in [-0.2, 0) is 4.74 Å². The van der Waals surface area contributed by atoms with Gasteiger partial charge in [-0.2, -0.15) is 0 Å². The normalized spacial score (nSPS) is 19.2. The molecule has 0 bridgehead atoms. The van der Waals surface area contributed by atoms with Crippen LogP contribution < -0.4 is 5.32 Å². The molecular formula is C14H22N2O. The van der Waals surface area contributed by atoms with Gasteiger partial charge in [0.1, 0.15) is 0 Å². The molecule has 1 aliphatic heterocycles. The Morgan fingerprint density at radius 2 is 2.18 bits per heavy atom. The molecular weight excluding hydrogens is 212 g/mol. The molecule has 1 N–H and O–H groups in total. The van der Waals surface area contributed by atoms with Crippen molar-refractivity contribution >= 4 is 0 Å². The summed E-state index contributed by atoms with van der Waals surface area (Å²) in [6, 6.07) is 4.69. The van der Waals surface area contributed by atoms with E-state index in [0.717, 1.165) is 24.8 Å². The number of aromatic nitrogens is 1. The van der Waals surface area contributed by atoms with Gasteiger partial charge in [-0.05, 0) is 50.8 Å². The van der Waals surface area contributed by atoms with E-state index in [2.05, 4.69) is 22.4 Å². The van der Waals surface area contributed by atoms with Crippen LogP contribution in [0, 0.1) is 12.8 Å². The standard InChI is InChI=1S/C14H22N2O/c1-11-3-4-13(10-16-11)14(15-2)9-12-5-7-17-8-6-12/h3-4,10,12,14-15H,5-9H2,1-2H3. The summed E-state index contributed by atoms with van der Waals surface area (Å²) in [7, 11) is 2.03. The lowest BCUT2D eigenvalue weighted by Crippen LogP contribution is -2.24. The van der Waals surface area contributed by atoms with E-state index in [-0.39, 0.29) is 0 Å². The summed E-state index contributed by atoms with van der Waals surface area (Å²) in [5.41, 5.74) is 2.37. The average Bonchev–Trinajstić information content (AvgIpc) is 2.38. The summed E-state index contributed by atoms with van der Waals surface area (Å²) < 4.78 is 5.40. The van der Waals surface area contributed by atoms with Gasteiger partial charge in [0.25, 0.3) is 0 Å². The van der Waals surface area contributed by atoms with E-state index in [0.29, 0.717) is 6.04 Å². The molecule has 1 fully saturated rings. The molecule has 17 heavy (non-hydrogen) atoms. The Bertz CT molecular complexity index is 331. The van der Waals surface area contributed by atoms with Crippen molar-refractivity contribution in [2.75, 3.05) is 20.3 Å². The molecule has 94 valence electrons. The summed E-state index contributed by atoms with van der Waals surface area (Å²) in [4.78, 5) is 4.38. The van der Waals surface area contributed by atoms with Crippen molar-refractivity contribution in [2.45, 2.75) is 32.2 Å². The lowest BCUT2D eigenvalue weighted by molar-refractivity contribution is 0.0608. The second kappa shape index (κ2) is 6.12. The van der Waals surface area contributed by atoms with Crippen molar-refractivity contribution in [1.82, 2.24) is 10.3 Å². The molecule has 2 rings (SSSR count). The second-order valence-electron chi connectivity index (χ2n) is 4.87. The highest BCUT2D eigenvalue weighted by atomic mass is 16.5. The van der Waals surface area contributed by atoms with Crippen molar-refractivity contribution in [1.29, 1.82) is 0 Å². The lowest BCUT2D eigenvalue weighted by atomic mass is 9.90. The lowest BCUT2D eigenvalue weighted by Gasteiger charge is -2.26. The topological polar surface area (TPSA) is 34.1 Å². The van der Waals surface area contributed by atoms with E-state index in [1.165, 1.54) is 24.8 Å².